The molecule has 2 amide bonds. The molecule has 4 bridgehead atoms. The van der Waals surface area contributed by atoms with Gasteiger partial charge in [-0.25, -0.2) is 0 Å². The molecular weight excluding hydrogens is 446 g/mol. The average molecular weight is 486 g/mol. The van der Waals surface area contributed by atoms with Gasteiger partial charge in [0, 0.05) is 25.7 Å². The molecule has 36 heavy (non-hydrogen) atoms. The lowest BCUT2D eigenvalue weighted by Gasteiger charge is -2.61. The molecular formula is C31H39N3O2. The van der Waals surface area contributed by atoms with Crippen molar-refractivity contribution >= 4 is 11.8 Å². The number of nitrogens with one attached hydrogen (secondary N) is 2. The van der Waals surface area contributed by atoms with Crippen LogP contribution >= 0.6 is 0 Å². The normalized spacial score (nSPS) is 31.8. The van der Waals surface area contributed by atoms with Crippen molar-refractivity contribution in [2.24, 2.45) is 17.3 Å². The quantitative estimate of drug-likeness (QED) is 0.610. The van der Waals surface area contributed by atoms with Crippen LogP contribution < -0.4 is 10.6 Å². The fourth-order valence-electron chi connectivity index (χ4n) is 8.36. The lowest BCUT2D eigenvalue weighted by Crippen LogP contribution is -2.59. The van der Waals surface area contributed by atoms with Gasteiger partial charge in [-0.05, 0) is 79.7 Å². The third-order valence-corrected chi connectivity index (χ3v) is 9.54. The topological polar surface area (TPSA) is 61.4 Å². The van der Waals surface area contributed by atoms with Crippen molar-refractivity contribution in [1.82, 2.24) is 15.5 Å². The van der Waals surface area contributed by atoms with Gasteiger partial charge in [0.25, 0.3) is 0 Å². The van der Waals surface area contributed by atoms with E-state index in [1.807, 2.05) is 0 Å². The fourth-order valence-corrected chi connectivity index (χ4v) is 8.36. The van der Waals surface area contributed by atoms with Gasteiger partial charge in [0.2, 0.25) is 11.8 Å². The van der Waals surface area contributed by atoms with Crippen LogP contribution in [0.25, 0.3) is 0 Å². The monoisotopic (exact) mass is 485 g/mol. The highest BCUT2D eigenvalue weighted by molar-refractivity contribution is 5.88. The molecule has 2 unspecified atom stereocenters. The molecule has 1 saturated heterocycles. The van der Waals surface area contributed by atoms with Gasteiger partial charge in [-0.1, -0.05) is 60.7 Å². The Morgan fingerprint density at radius 1 is 0.861 bits per heavy atom. The smallest absolute Gasteiger partial charge is 0.239 e. The number of likely N-dealkylation sites (tertiary alicyclic amines) is 1. The van der Waals surface area contributed by atoms with Crippen LogP contribution in [0.2, 0.25) is 0 Å². The Bertz CT molecular complexity index is 1060. The first-order valence-corrected chi connectivity index (χ1v) is 13.9. The van der Waals surface area contributed by atoms with Gasteiger partial charge in [0.15, 0.2) is 0 Å². The summed E-state index contributed by atoms with van der Waals surface area (Å²) >= 11 is 0. The maximum atomic E-state index is 13.6. The number of piperidine rings is 1. The first kappa shape index (κ1) is 23.7. The van der Waals surface area contributed by atoms with Gasteiger partial charge < -0.3 is 10.6 Å². The van der Waals surface area contributed by atoms with Gasteiger partial charge in [0.1, 0.15) is 0 Å². The summed E-state index contributed by atoms with van der Waals surface area (Å²) in [6.45, 7) is 3.03. The van der Waals surface area contributed by atoms with E-state index in [1.165, 1.54) is 30.4 Å². The van der Waals surface area contributed by atoms with Crippen LogP contribution in [0.15, 0.2) is 60.7 Å². The highest BCUT2D eigenvalue weighted by Gasteiger charge is 2.60. The van der Waals surface area contributed by atoms with Gasteiger partial charge in [-0.15, -0.1) is 0 Å². The molecule has 4 aliphatic carbocycles. The van der Waals surface area contributed by atoms with E-state index in [4.69, 9.17) is 0 Å². The Morgan fingerprint density at radius 3 is 2.17 bits per heavy atom. The van der Waals surface area contributed by atoms with E-state index in [1.54, 1.807) is 0 Å². The summed E-state index contributed by atoms with van der Waals surface area (Å²) < 4.78 is 0. The fraction of sp³-hybridized carbons (Fsp3) is 0.548. The molecule has 2 aromatic carbocycles. The number of rotatable bonds is 7. The second-order valence-corrected chi connectivity index (χ2v) is 12.2. The van der Waals surface area contributed by atoms with Crippen LogP contribution in [0.4, 0.5) is 0 Å². The van der Waals surface area contributed by atoms with Crippen LogP contribution in [0.1, 0.15) is 62.5 Å². The number of nitrogens with zero attached hydrogens (tertiary/aromatic N) is 1. The second kappa shape index (κ2) is 9.66. The molecule has 4 saturated carbocycles. The van der Waals surface area contributed by atoms with Crippen LogP contribution in [0.5, 0.6) is 0 Å². The molecule has 0 spiro atoms. The van der Waals surface area contributed by atoms with E-state index >= 15 is 0 Å². The van der Waals surface area contributed by atoms with Crippen molar-refractivity contribution in [3.05, 3.63) is 71.8 Å². The van der Waals surface area contributed by atoms with Crippen LogP contribution in [0.3, 0.4) is 0 Å². The summed E-state index contributed by atoms with van der Waals surface area (Å²) in [5.41, 5.74) is 2.58. The van der Waals surface area contributed by atoms with Crippen molar-refractivity contribution in [3.8, 4) is 0 Å². The lowest BCUT2D eigenvalue weighted by molar-refractivity contribution is -0.150. The summed E-state index contributed by atoms with van der Waals surface area (Å²) in [4.78, 5) is 28.8. The highest BCUT2D eigenvalue weighted by Crippen LogP contribution is 2.65. The number of carbonyl (C=O) groups excluding carboxylic acids is 2. The first-order valence-electron chi connectivity index (χ1n) is 13.9. The van der Waals surface area contributed by atoms with Crippen molar-refractivity contribution < 1.29 is 9.59 Å². The molecule has 190 valence electrons. The Hall–Kier alpha value is -2.66. The predicted octanol–water partition coefficient (Wildman–Crippen LogP) is 4.42. The Balaban J connectivity index is 1.01. The van der Waals surface area contributed by atoms with Crippen molar-refractivity contribution in [2.45, 2.75) is 69.4 Å². The number of amides is 2. The molecule has 0 radical (unpaired) electrons. The van der Waals surface area contributed by atoms with Crippen LogP contribution in [-0.2, 0) is 21.5 Å². The summed E-state index contributed by atoms with van der Waals surface area (Å²) in [6.07, 6.45) is 8.53. The maximum absolute atomic E-state index is 13.6. The second-order valence-electron chi connectivity index (χ2n) is 12.2. The van der Waals surface area contributed by atoms with Crippen LogP contribution in [-0.4, -0.2) is 42.4 Å². The van der Waals surface area contributed by atoms with E-state index in [2.05, 4.69) is 76.2 Å². The zero-order valence-corrected chi connectivity index (χ0v) is 21.3. The number of hydrogen-bond donors (Lipinski definition) is 2. The van der Waals surface area contributed by atoms with Gasteiger partial charge in [-0.2, -0.15) is 0 Å². The molecule has 7 rings (SSSR count). The minimum atomic E-state index is -0.303. The van der Waals surface area contributed by atoms with Crippen molar-refractivity contribution in [3.63, 3.8) is 0 Å². The first-order chi connectivity index (χ1) is 17.5. The highest BCUT2D eigenvalue weighted by atomic mass is 16.2. The van der Waals surface area contributed by atoms with Crippen molar-refractivity contribution in [2.75, 3.05) is 19.6 Å². The van der Waals surface area contributed by atoms with Gasteiger partial charge in [0.05, 0.1) is 12.0 Å². The molecule has 5 fully saturated rings. The SMILES string of the molecule is O=C(CNC(=O)C12CC3CC(C1)CC(c1ccccc1)(C3)C2)NC1CCN(Cc2ccccc2)CC1. The Kier molecular flexibility index (Phi) is 6.37. The zero-order valence-electron chi connectivity index (χ0n) is 21.3. The summed E-state index contributed by atoms with van der Waals surface area (Å²) in [7, 11) is 0. The Labute approximate surface area is 215 Å². The minimum Gasteiger partial charge on any atom is -0.352 e. The standard InChI is InChI=1S/C31H39N3O2/c35-28(33-27-11-13-34(14-12-27)21-23-7-3-1-4-8-23)20-32-29(36)31-18-24-15-25(19-31)17-30(16-24,22-31)26-9-5-2-6-10-26/h1-10,24-25,27H,11-22H2,(H,32,36)(H,33,35). The third kappa shape index (κ3) is 4.70. The summed E-state index contributed by atoms with van der Waals surface area (Å²) in [5, 5.41) is 6.26. The molecule has 2 aromatic rings. The third-order valence-electron chi connectivity index (χ3n) is 9.54. The summed E-state index contributed by atoms with van der Waals surface area (Å²) in [5.74, 6) is 1.33. The molecule has 5 heteroatoms. The maximum Gasteiger partial charge on any atom is 0.239 e. The zero-order chi connectivity index (χ0) is 24.6. The molecule has 2 N–H and O–H groups in total. The van der Waals surface area contributed by atoms with Gasteiger partial charge >= 0.3 is 0 Å². The average Bonchev–Trinajstić information content (AvgIpc) is 2.89. The molecule has 5 nitrogen and oxygen atoms in total. The van der Waals surface area contributed by atoms with E-state index < -0.39 is 0 Å². The van der Waals surface area contributed by atoms with E-state index in [9.17, 15) is 9.59 Å². The number of carbonyl (C=O) groups is 2. The van der Waals surface area contributed by atoms with E-state index in [0.29, 0.717) is 11.8 Å². The molecule has 1 aliphatic heterocycles. The van der Waals surface area contributed by atoms with Gasteiger partial charge in [-0.3, -0.25) is 14.5 Å². The van der Waals surface area contributed by atoms with Crippen molar-refractivity contribution in [1.29, 1.82) is 0 Å². The summed E-state index contributed by atoms with van der Waals surface area (Å²) in [6, 6.07) is 21.6. The molecule has 0 aromatic heterocycles. The molecule has 2 atom stereocenters. The number of hydrogen-bond acceptors (Lipinski definition) is 3. The molecule has 1 heterocycles. The van der Waals surface area contributed by atoms with E-state index in [-0.39, 0.29) is 35.2 Å². The molecule has 5 aliphatic rings. The van der Waals surface area contributed by atoms with Crippen LogP contribution in [0, 0.1) is 17.3 Å². The minimum absolute atomic E-state index is 0.0487. The largest absolute Gasteiger partial charge is 0.352 e. The lowest BCUT2D eigenvalue weighted by atomic mass is 9.42. The predicted molar refractivity (Wildman–Crippen MR) is 141 cm³/mol. The number of benzene rings is 2. The van der Waals surface area contributed by atoms with E-state index in [0.717, 1.165) is 51.7 Å². The Morgan fingerprint density at radius 2 is 1.50 bits per heavy atom.